The molecule has 1 amide bonds. The number of ether oxygens (including phenoxy) is 1. The molecule has 19 heavy (non-hydrogen) atoms. The van der Waals surface area contributed by atoms with Crippen LogP contribution in [-0.2, 0) is 9.53 Å². The van der Waals surface area contributed by atoms with Crippen LogP contribution in [0, 0.1) is 0 Å². The number of hydrogen-bond donors (Lipinski definition) is 0. The Morgan fingerprint density at radius 1 is 1.26 bits per heavy atom. The van der Waals surface area contributed by atoms with E-state index in [9.17, 15) is 9.59 Å². The van der Waals surface area contributed by atoms with Crippen LogP contribution in [0.5, 0.6) is 0 Å². The van der Waals surface area contributed by atoms with Crippen LogP contribution in [0.15, 0.2) is 30.3 Å². The number of likely N-dealkylation sites (tertiary alicyclic amines) is 1. The van der Waals surface area contributed by atoms with Gasteiger partial charge < -0.3 is 9.64 Å². The maximum absolute atomic E-state index is 12.4. The standard InChI is InChI=1S/C15H19NO3/c1-12(17)19-11-14-9-5-6-10-16(14)15(18)13-7-3-2-4-8-13/h2-4,7-8,14H,5-6,9-11H2,1H3/t14-/m0/s1. The number of amides is 1. The Balaban J connectivity index is 2.06. The second-order valence-corrected chi connectivity index (χ2v) is 4.82. The van der Waals surface area contributed by atoms with E-state index in [1.54, 1.807) is 0 Å². The fourth-order valence-corrected chi connectivity index (χ4v) is 2.40. The Kier molecular flexibility index (Phi) is 4.55. The highest BCUT2D eigenvalue weighted by Gasteiger charge is 2.28. The number of hydrogen-bond acceptors (Lipinski definition) is 3. The first-order chi connectivity index (χ1) is 9.18. The smallest absolute Gasteiger partial charge is 0.302 e. The molecule has 1 saturated heterocycles. The number of esters is 1. The average molecular weight is 261 g/mol. The highest BCUT2D eigenvalue weighted by molar-refractivity contribution is 5.94. The number of rotatable bonds is 3. The van der Waals surface area contributed by atoms with Gasteiger partial charge in [-0.05, 0) is 31.4 Å². The molecule has 0 aromatic heterocycles. The minimum Gasteiger partial charge on any atom is -0.464 e. The van der Waals surface area contributed by atoms with Crippen LogP contribution in [0.3, 0.4) is 0 Å². The Labute approximate surface area is 113 Å². The van der Waals surface area contributed by atoms with Crippen LogP contribution in [0.25, 0.3) is 0 Å². The second kappa shape index (κ2) is 6.36. The van der Waals surface area contributed by atoms with Crippen LogP contribution >= 0.6 is 0 Å². The van der Waals surface area contributed by atoms with E-state index in [1.165, 1.54) is 6.92 Å². The summed E-state index contributed by atoms with van der Waals surface area (Å²) in [6, 6.07) is 9.25. The van der Waals surface area contributed by atoms with Crippen molar-refractivity contribution in [2.24, 2.45) is 0 Å². The predicted octanol–water partition coefficient (Wildman–Crippen LogP) is 2.24. The summed E-state index contributed by atoms with van der Waals surface area (Å²) in [7, 11) is 0. The Bertz CT molecular complexity index is 444. The molecule has 0 radical (unpaired) electrons. The molecular formula is C15H19NO3. The Morgan fingerprint density at radius 3 is 2.68 bits per heavy atom. The van der Waals surface area contributed by atoms with Crippen molar-refractivity contribution < 1.29 is 14.3 Å². The first kappa shape index (κ1) is 13.6. The largest absolute Gasteiger partial charge is 0.464 e. The van der Waals surface area contributed by atoms with Crippen LogP contribution in [-0.4, -0.2) is 36.0 Å². The molecule has 4 heteroatoms. The lowest BCUT2D eigenvalue weighted by Crippen LogP contribution is -2.46. The molecule has 1 heterocycles. The van der Waals surface area contributed by atoms with Crippen molar-refractivity contribution >= 4 is 11.9 Å². The molecule has 0 unspecified atom stereocenters. The predicted molar refractivity (Wildman–Crippen MR) is 71.8 cm³/mol. The van der Waals surface area contributed by atoms with Crippen LogP contribution in [0.1, 0.15) is 36.5 Å². The molecule has 1 aromatic rings. The van der Waals surface area contributed by atoms with E-state index in [-0.39, 0.29) is 17.9 Å². The third kappa shape index (κ3) is 3.56. The van der Waals surface area contributed by atoms with Crippen LogP contribution in [0.2, 0.25) is 0 Å². The Morgan fingerprint density at radius 2 is 2.00 bits per heavy atom. The van der Waals surface area contributed by atoms with Crippen molar-refractivity contribution in [3.05, 3.63) is 35.9 Å². The van der Waals surface area contributed by atoms with Gasteiger partial charge in [-0.1, -0.05) is 18.2 Å². The normalized spacial score (nSPS) is 19.0. The van der Waals surface area contributed by atoms with Gasteiger partial charge in [-0.15, -0.1) is 0 Å². The minimum atomic E-state index is -0.294. The molecule has 0 bridgehead atoms. The van der Waals surface area contributed by atoms with Gasteiger partial charge in [-0.2, -0.15) is 0 Å². The summed E-state index contributed by atoms with van der Waals surface area (Å²) < 4.78 is 5.06. The van der Waals surface area contributed by atoms with Gasteiger partial charge >= 0.3 is 5.97 Å². The lowest BCUT2D eigenvalue weighted by Gasteiger charge is -2.35. The van der Waals surface area contributed by atoms with E-state index in [2.05, 4.69) is 0 Å². The lowest BCUT2D eigenvalue weighted by molar-refractivity contribution is -0.142. The molecule has 0 aliphatic carbocycles. The summed E-state index contributed by atoms with van der Waals surface area (Å²) in [5.41, 5.74) is 0.692. The zero-order chi connectivity index (χ0) is 13.7. The van der Waals surface area contributed by atoms with E-state index < -0.39 is 0 Å². The molecule has 0 saturated carbocycles. The maximum Gasteiger partial charge on any atom is 0.302 e. The average Bonchev–Trinajstić information content (AvgIpc) is 2.45. The van der Waals surface area contributed by atoms with Gasteiger partial charge in [0.25, 0.3) is 5.91 Å². The van der Waals surface area contributed by atoms with Crippen LogP contribution < -0.4 is 0 Å². The second-order valence-electron chi connectivity index (χ2n) is 4.82. The quantitative estimate of drug-likeness (QED) is 0.784. The third-order valence-corrected chi connectivity index (χ3v) is 3.39. The van der Waals surface area contributed by atoms with Crippen LogP contribution in [0.4, 0.5) is 0 Å². The first-order valence-electron chi connectivity index (χ1n) is 6.68. The Hall–Kier alpha value is -1.84. The van der Waals surface area contributed by atoms with Crippen molar-refractivity contribution in [3.8, 4) is 0 Å². The monoisotopic (exact) mass is 261 g/mol. The molecule has 1 fully saturated rings. The van der Waals surface area contributed by atoms with E-state index in [0.717, 1.165) is 25.8 Å². The number of benzene rings is 1. The summed E-state index contributed by atoms with van der Waals surface area (Å²) in [5.74, 6) is -0.268. The van der Waals surface area contributed by atoms with E-state index in [0.29, 0.717) is 12.2 Å². The van der Waals surface area contributed by atoms with Crippen molar-refractivity contribution in [2.75, 3.05) is 13.2 Å². The molecule has 1 aromatic carbocycles. The fourth-order valence-electron chi connectivity index (χ4n) is 2.40. The molecule has 1 aliphatic rings. The zero-order valence-corrected chi connectivity index (χ0v) is 11.2. The molecule has 0 N–H and O–H groups in total. The highest BCUT2D eigenvalue weighted by atomic mass is 16.5. The number of carbonyl (C=O) groups excluding carboxylic acids is 2. The number of nitrogens with zero attached hydrogens (tertiary/aromatic N) is 1. The topological polar surface area (TPSA) is 46.6 Å². The lowest BCUT2D eigenvalue weighted by atomic mass is 10.0. The number of piperidine rings is 1. The molecule has 0 spiro atoms. The summed E-state index contributed by atoms with van der Waals surface area (Å²) in [4.78, 5) is 25.2. The van der Waals surface area contributed by atoms with E-state index >= 15 is 0 Å². The van der Waals surface area contributed by atoms with Gasteiger partial charge in [-0.25, -0.2) is 0 Å². The first-order valence-corrected chi connectivity index (χ1v) is 6.68. The molecule has 1 atom stereocenters. The molecule has 102 valence electrons. The van der Waals surface area contributed by atoms with Gasteiger partial charge in [0.2, 0.25) is 0 Å². The van der Waals surface area contributed by atoms with E-state index in [1.807, 2.05) is 35.2 Å². The zero-order valence-electron chi connectivity index (χ0n) is 11.2. The highest BCUT2D eigenvalue weighted by Crippen LogP contribution is 2.20. The summed E-state index contributed by atoms with van der Waals surface area (Å²) in [6.07, 6.45) is 2.98. The summed E-state index contributed by atoms with van der Waals surface area (Å²) >= 11 is 0. The van der Waals surface area contributed by atoms with Crippen molar-refractivity contribution in [1.29, 1.82) is 0 Å². The molecule has 1 aliphatic heterocycles. The molecule has 4 nitrogen and oxygen atoms in total. The maximum atomic E-state index is 12.4. The van der Waals surface area contributed by atoms with Gasteiger partial charge in [0.1, 0.15) is 6.61 Å². The van der Waals surface area contributed by atoms with Gasteiger partial charge in [0, 0.05) is 19.0 Å². The summed E-state index contributed by atoms with van der Waals surface area (Å²) in [5, 5.41) is 0. The van der Waals surface area contributed by atoms with Gasteiger partial charge in [-0.3, -0.25) is 9.59 Å². The third-order valence-electron chi connectivity index (χ3n) is 3.39. The van der Waals surface area contributed by atoms with Crippen molar-refractivity contribution in [2.45, 2.75) is 32.2 Å². The summed E-state index contributed by atoms with van der Waals surface area (Å²) in [6.45, 7) is 2.43. The van der Waals surface area contributed by atoms with Gasteiger partial charge in [0.05, 0.1) is 6.04 Å². The van der Waals surface area contributed by atoms with Crippen molar-refractivity contribution in [3.63, 3.8) is 0 Å². The van der Waals surface area contributed by atoms with Gasteiger partial charge in [0.15, 0.2) is 0 Å². The fraction of sp³-hybridized carbons (Fsp3) is 0.467. The minimum absolute atomic E-state index is 0.00496. The number of carbonyl (C=O) groups is 2. The molecule has 2 rings (SSSR count). The SMILES string of the molecule is CC(=O)OC[C@@H]1CCCCN1C(=O)c1ccccc1. The van der Waals surface area contributed by atoms with Crippen molar-refractivity contribution in [1.82, 2.24) is 4.90 Å². The van der Waals surface area contributed by atoms with E-state index in [4.69, 9.17) is 4.74 Å². The molecular weight excluding hydrogens is 242 g/mol.